The number of rotatable bonds is 0. The van der Waals surface area contributed by atoms with Gasteiger partial charge in [0.05, 0.1) is 0 Å². The van der Waals surface area contributed by atoms with Gasteiger partial charge in [-0.2, -0.15) is 0 Å². The average molecular weight is 268 g/mol. The van der Waals surface area contributed by atoms with Crippen molar-refractivity contribution in [1.29, 1.82) is 0 Å². The van der Waals surface area contributed by atoms with E-state index in [-0.39, 0.29) is 11.7 Å². The largest absolute Gasteiger partial charge is 0.379 e. The highest BCUT2D eigenvalue weighted by Gasteiger charge is 2.76. The fourth-order valence-electron chi connectivity index (χ4n) is 3.91. The highest BCUT2D eigenvalue weighted by Crippen LogP contribution is 2.62. The van der Waals surface area contributed by atoms with Crippen LogP contribution in [0.4, 0.5) is 0 Å². The molecule has 0 saturated carbocycles. The summed E-state index contributed by atoms with van der Waals surface area (Å²) in [5.41, 5.74) is -1.64. The number of hydrogen-bond acceptors (Lipinski definition) is 5. The van der Waals surface area contributed by atoms with Gasteiger partial charge in [0.15, 0.2) is 12.1 Å². The third-order valence-corrected chi connectivity index (χ3v) is 5.02. The number of hydrogen-bond donors (Lipinski definition) is 2. The van der Waals surface area contributed by atoms with Crippen molar-refractivity contribution < 1.29 is 24.5 Å². The Morgan fingerprint density at radius 2 is 2.00 bits per heavy atom. The number of carbonyl (C=O) groups is 1. The molecule has 2 N–H and O–H groups in total. The van der Waals surface area contributed by atoms with E-state index in [4.69, 9.17) is 9.47 Å². The van der Waals surface area contributed by atoms with Crippen LogP contribution in [0.2, 0.25) is 0 Å². The smallest absolute Gasteiger partial charge is 0.205 e. The molecule has 5 atom stereocenters. The van der Waals surface area contributed by atoms with Crippen molar-refractivity contribution in [1.82, 2.24) is 0 Å². The van der Waals surface area contributed by atoms with E-state index in [1.54, 1.807) is 20.8 Å². The molecule has 2 heterocycles. The SMILES string of the molecule is CC1=CC(=O)[C@@H]2O[C@@]3(C[C@@H](C)[C@H](O)O3)[C@@]1(O)C2(C)C. The first-order valence-corrected chi connectivity index (χ1v) is 6.64. The Bertz CT molecular complexity index is 470. The number of aliphatic hydroxyl groups excluding tert-OH is 1. The Morgan fingerprint density at radius 1 is 1.37 bits per heavy atom. The first-order chi connectivity index (χ1) is 8.66. The molecule has 0 radical (unpaired) electrons. The fourth-order valence-corrected chi connectivity index (χ4v) is 3.91. The number of carbonyl (C=O) groups excluding carboxylic acids is 1. The van der Waals surface area contributed by atoms with Gasteiger partial charge in [0.25, 0.3) is 0 Å². The molecule has 0 unspecified atom stereocenters. The van der Waals surface area contributed by atoms with Gasteiger partial charge in [0.1, 0.15) is 11.7 Å². The molecular weight excluding hydrogens is 248 g/mol. The van der Waals surface area contributed by atoms with Gasteiger partial charge in [0.2, 0.25) is 5.79 Å². The molecule has 2 bridgehead atoms. The van der Waals surface area contributed by atoms with E-state index in [1.165, 1.54) is 6.08 Å². The Labute approximate surface area is 112 Å². The van der Waals surface area contributed by atoms with Crippen molar-refractivity contribution in [3.8, 4) is 0 Å². The van der Waals surface area contributed by atoms with E-state index < -0.39 is 29.2 Å². The molecule has 1 aliphatic carbocycles. The van der Waals surface area contributed by atoms with Gasteiger partial charge in [-0.3, -0.25) is 4.79 Å². The molecule has 2 fully saturated rings. The van der Waals surface area contributed by atoms with Crippen LogP contribution in [0.15, 0.2) is 11.6 Å². The summed E-state index contributed by atoms with van der Waals surface area (Å²) in [5.74, 6) is -1.63. The number of ether oxygens (including phenoxy) is 2. The molecular formula is C14H20O5. The van der Waals surface area contributed by atoms with Crippen LogP contribution in [-0.4, -0.2) is 39.8 Å². The molecule has 2 aliphatic heterocycles. The standard InChI is InChI=1S/C14H20O5/c1-7-6-13(19-11(7)16)14(17)8(2)5-9(15)10(18-13)12(14,3)4/h5,7,10-11,16-17H,6H2,1-4H3/t7-,10+,11-,13-,14+/m1/s1. The first-order valence-electron chi connectivity index (χ1n) is 6.64. The lowest BCUT2D eigenvalue weighted by Crippen LogP contribution is -2.60. The first kappa shape index (κ1) is 13.2. The summed E-state index contributed by atoms with van der Waals surface area (Å²) in [6.07, 6.45) is 0.0766. The van der Waals surface area contributed by atoms with Gasteiger partial charge in [-0.1, -0.05) is 20.8 Å². The van der Waals surface area contributed by atoms with Crippen molar-refractivity contribution in [2.45, 2.75) is 57.9 Å². The number of fused-ring (bicyclic) bond motifs is 3. The molecule has 2 saturated heterocycles. The molecule has 0 aromatic rings. The van der Waals surface area contributed by atoms with Gasteiger partial charge in [-0.15, -0.1) is 0 Å². The Balaban J connectivity index is 2.18. The molecule has 3 rings (SSSR count). The van der Waals surface area contributed by atoms with Crippen LogP contribution in [0.1, 0.15) is 34.1 Å². The summed E-state index contributed by atoms with van der Waals surface area (Å²) < 4.78 is 11.4. The van der Waals surface area contributed by atoms with Crippen LogP contribution in [0.25, 0.3) is 0 Å². The normalized spacial score (nSPS) is 51.8. The van der Waals surface area contributed by atoms with Crippen molar-refractivity contribution in [3.63, 3.8) is 0 Å². The molecule has 0 aromatic heterocycles. The maximum atomic E-state index is 12.1. The van der Waals surface area contributed by atoms with Crippen LogP contribution in [0.3, 0.4) is 0 Å². The lowest BCUT2D eigenvalue weighted by Gasteiger charge is -2.45. The van der Waals surface area contributed by atoms with E-state index in [9.17, 15) is 15.0 Å². The van der Waals surface area contributed by atoms with Gasteiger partial charge in [-0.05, 0) is 18.6 Å². The highest BCUT2D eigenvalue weighted by atomic mass is 16.8. The van der Waals surface area contributed by atoms with E-state index in [0.29, 0.717) is 12.0 Å². The zero-order valence-corrected chi connectivity index (χ0v) is 11.6. The van der Waals surface area contributed by atoms with Crippen molar-refractivity contribution in [2.24, 2.45) is 11.3 Å². The maximum Gasteiger partial charge on any atom is 0.205 e. The van der Waals surface area contributed by atoms with E-state index in [0.717, 1.165) is 0 Å². The van der Waals surface area contributed by atoms with Crippen LogP contribution >= 0.6 is 0 Å². The molecule has 3 aliphatic rings. The van der Waals surface area contributed by atoms with E-state index in [2.05, 4.69) is 0 Å². The van der Waals surface area contributed by atoms with Gasteiger partial charge in [-0.25, -0.2) is 0 Å². The molecule has 0 aromatic carbocycles. The van der Waals surface area contributed by atoms with Crippen molar-refractivity contribution >= 4 is 5.78 Å². The quantitative estimate of drug-likeness (QED) is 0.678. The molecule has 19 heavy (non-hydrogen) atoms. The van der Waals surface area contributed by atoms with Gasteiger partial charge in [0, 0.05) is 17.8 Å². The van der Waals surface area contributed by atoms with Crippen LogP contribution in [0, 0.1) is 11.3 Å². The number of ketones is 1. The van der Waals surface area contributed by atoms with Crippen molar-refractivity contribution in [3.05, 3.63) is 11.6 Å². The molecule has 106 valence electrons. The molecule has 5 nitrogen and oxygen atoms in total. The summed E-state index contributed by atoms with van der Waals surface area (Å²) in [5, 5.41) is 21.1. The monoisotopic (exact) mass is 268 g/mol. The zero-order valence-electron chi connectivity index (χ0n) is 11.6. The van der Waals surface area contributed by atoms with Gasteiger partial charge < -0.3 is 19.7 Å². The Hall–Kier alpha value is -0.750. The average Bonchev–Trinajstić information content (AvgIpc) is 2.64. The molecule has 5 heteroatoms. The van der Waals surface area contributed by atoms with Crippen LogP contribution in [-0.2, 0) is 14.3 Å². The van der Waals surface area contributed by atoms with E-state index in [1.807, 2.05) is 6.92 Å². The highest BCUT2D eigenvalue weighted by molar-refractivity contribution is 5.97. The third kappa shape index (κ3) is 1.27. The predicted octanol–water partition coefficient (Wildman–Crippen LogP) is 0.743. The second-order valence-electron chi connectivity index (χ2n) is 6.60. The fraction of sp³-hybridized carbons (Fsp3) is 0.786. The van der Waals surface area contributed by atoms with Crippen LogP contribution in [0.5, 0.6) is 0 Å². The Morgan fingerprint density at radius 3 is 2.53 bits per heavy atom. The van der Waals surface area contributed by atoms with Crippen molar-refractivity contribution in [2.75, 3.05) is 0 Å². The van der Waals surface area contributed by atoms with Crippen LogP contribution < -0.4 is 0 Å². The topological polar surface area (TPSA) is 76.0 Å². The second-order valence-corrected chi connectivity index (χ2v) is 6.60. The minimum atomic E-state index is -1.40. The number of aliphatic hydroxyl groups is 2. The van der Waals surface area contributed by atoms with Gasteiger partial charge >= 0.3 is 0 Å². The third-order valence-electron chi connectivity index (χ3n) is 5.02. The maximum absolute atomic E-state index is 12.1. The summed E-state index contributed by atoms with van der Waals surface area (Å²) in [6, 6.07) is 0. The Kier molecular flexibility index (Phi) is 2.42. The minimum Gasteiger partial charge on any atom is -0.379 e. The summed E-state index contributed by atoms with van der Waals surface area (Å²) >= 11 is 0. The minimum absolute atomic E-state index is 0.151. The zero-order chi connectivity index (χ0) is 14.2. The molecule has 1 spiro atoms. The lowest BCUT2D eigenvalue weighted by atomic mass is 9.61. The van der Waals surface area contributed by atoms with E-state index >= 15 is 0 Å². The predicted molar refractivity (Wildman–Crippen MR) is 66.0 cm³/mol. The lowest BCUT2D eigenvalue weighted by molar-refractivity contribution is -0.296. The second kappa shape index (κ2) is 3.47. The summed E-state index contributed by atoms with van der Waals surface area (Å²) in [6.45, 7) is 7.16. The summed E-state index contributed by atoms with van der Waals surface area (Å²) in [7, 11) is 0. The molecule has 0 amide bonds. The summed E-state index contributed by atoms with van der Waals surface area (Å²) in [4.78, 5) is 12.1.